The van der Waals surface area contributed by atoms with Gasteiger partial charge in [0.05, 0.1) is 19.6 Å². The fourth-order valence-electron chi connectivity index (χ4n) is 2.22. The molecule has 2 rings (SSSR count). The van der Waals surface area contributed by atoms with Crippen molar-refractivity contribution < 1.29 is 23.5 Å². The van der Waals surface area contributed by atoms with Gasteiger partial charge in [-0.05, 0) is 24.1 Å². The minimum Gasteiger partial charge on any atom is -0.467 e. The van der Waals surface area contributed by atoms with Crippen LogP contribution in [0.2, 0.25) is 0 Å². The maximum atomic E-state index is 12.9. The summed E-state index contributed by atoms with van der Waals surface area (Å²) in [6.45, 7) is 0.926. The van der Waals surface area contributed by atoms with Crippen molar-refractivity contribution in [1.82, 2.24) is 5.32 Å². The summed E-state index contributed by atoms with van der Waals surface area (Å²) in [6, 6.07) is 5.01. The van der Waals surface area contributed by atoms with Crippen LogP contribution >= 0.6 is 0 Å². The SMILES string of the molecule is COC(=O)[C@H](Cc1ccc(F)cc1)NC(=O)[C@@H]1CCOC1. The van der Waals surface area contributed by atoms with Crippen molar-refractivity contribution in [2.24, 2.45) is 5.92 Å². The Morgan fingerprint density at radius 3 is 2.71 bits per heavy atom. The zero-order valence-corrected chi connectivity index (χ0v) is 11.8. The largest absolute Gasteiger partial charge is 0.467 e. The van der Waals surface area contributed by atoms with Crippen molar-refractivity contribution in [2.45, 2.75) is 18.9 Å². The summed E-state index contributed by atoms with van der Waals surface area (Å²) < 4.78 is 22.8. The molecule has 6 heteroatoms. The Hall–Kier alpha value is -1.95. The van der Waals surface area contributed by atoms with E-state index in [2.05, 4.69) is 5.32 Å². The summed E-state index contributed by atoms with van der Waals surface area (Å²) in [5, 5.41) is 2.69. The fraction of sp³-hybridized carbons (Fsp3) is 0.467. The molecule has 1 fully saturated rings. The van der Waals surface area contributed by atoms with Gasteiger partial charge in [0.1, 0.15) is 11.9 Å². The van der Waals surface area contributed by atoms with E-state index < -0.39 is 12.0 Å². The molecule has 2 atom stereocenters. The molecule has 0 spiro atoms. The molecule has 0 aromatic heterocycles. The first-order chi connectivity index (χ1) is 10.1. The van der Waals surface area contributed by atoms with Crippen molar-refractivity contribution in [2.75, 3.05) is 20.3 Å². The zero-order chi connectivity index (χ0) is 15.2. The van der Waals surface area contributed by atoms with Gasteiger partial charge >= 0.3 is 5.97 Å². The maximum absolute atomic E-state index is 12.9. The predicted molar refractivity (Wildman–Crippen MR) is 73.0 cm³/mol. The van der Waals surface area contributed by atoms with Gasteiger partial charge in [-0.15, -0.1) is 0 Å². The summed E-state index contributed by atoms with van der Waals surface area (Å²) in [4.78, 5) is 23.9. The first-order valence-corrected chi connectivity index (χ1v) is 6.80. The summed E-state index contributed by atoms with van der Waals surface area (Å²) in [5.41, 5.74) is 0.745. The minimum atomic E-state index is -0.784. The van der Waals surface area contributed by atoms with Crippen molar-refractivity contribution in [3.63, 3.8) is 0 Å². The molecule has 0 radical (unpaired) electrons. The van der Waals surface area contributed by atoms with Crippen molar-refractivity contribution in [1.29, 1.82) is 0 Å². The van der Waals surface area contributed by atoms with Crippen LogP contribution in [-0.2, 0) is 25.5 Å². The highest BCUT2D eigenvalue weighted by atomic mass is 19.1. The number of benzene rings is 1. The number of hydrogen-bond acceptors (Lipinski definition) is 4. The van der Waals surface area contributed by atoms with Crippen molar-refractivity contribution in [3.8, 4) is 0 Å². The Balaban J connectivity index is 2.01. The summed E-state index contributed by atoms with van der Waals surface area (Å²) in [6.07, 6.45) is 0.905. The first kappa shape index (κ1) is 15.4. The van der Waals surface area contributed by atoms with Gasteiger partial charge in [-0.3, -0.25) is 4.79 Å². The van der Waals surface area contributed by atoms with Gasteiger partial charge in [0.25, 0.3) is 0 Å². The second-order valence-electron chi connectivity index (χ2n) is 4.98. The number of nitrogens with one attached hydrogen (secondary N) is 1. The Labute approximate surface area is 122 Å². The molecule has 5 nitrogen and oxygen atoms in total. The molecule has 1 heterocycles. The smallest absolute Gasteiger partial charge is 0.328 e. The molecule has 1 N–H and O–H groups in total. The molecule has 1 saturated heterocycles. The molecular weight excluding hydrogens is 277 g/mol. The normalized spacial score (nSPS) is 19.0. The van der Waals surface area contributed by atoms with E-state index in [9.17, 15) is 14.0 Å². The molecule has 1 aliphatic heterocycles. The molecule has 1 amide bonds. The van der Waals surface area contributed by atoms with E-state index in [0.717, 1.165) is 5.56 Å². The third-order valence-electron chi connectivity index (χ3n) is 3.46. The predicted octanol–water partition coefficient (Wildman–Crippen LogP) is 1.06. The Morgan fingerprint density at radius 2 is 2.14 bits per heavy atom. The molecule has 0 unspecified atom stereocenters. The van der Waals surface area contributed by atoms with Crippen molar-refractivity contribution in [3.05, 3.63) is 35.6 Å². The molecule has 0 saturated carbocycles. The van der Waals surface area contributed by atoms with Crippen LogP contribution in [0.3, 0.4) is 0 Å². The highest BCUT2D eigenvalue weighted by Crippen LogP contribution is 2.13. The maximum Gasteiger partial charge on any atom is 0.328 e. The molecule has 0 bridgehead atoms. The van der Waals surface area contributed by atoms with Gasteiger partial charge in [-0.25, -0.2) is 9.18 Å². The van der Waals surface area contributed by atoms with E-state index in [4.69, 9.17) is 9.47 Å². The number of esters is 1. The monoisotopic (exact) mass is 295 g/mol. The Kier molecular flexibility index (Phi) is 5.27. The lowest BCUT2D eigenvalue weighted by Crippen LogP contribution is -2.45. The Bertz CT molecular complexity index is 497. The third-order valence-corrected chi connectivity index (χ3v) is 3.46. The number of hydrogen-bond donors (Lipinski definition) is 1. The lowest BCUT2D eigenvalue weighted by molar-refractivity contribution is -0.145. The zero-order valence-electron chi connectivity index (χ0n) is 11.8. The molecule has 1 aromatic rings. The third kappa shape index (κ3) is 4.26. The van der Waals surface area contributed by atoms with Gasteiger partial charge in [-0.1, -0.05) is 12.1 Å². The van der Waals surface area contributed by atoms with Crippen molar-refractivity contribution >= 4 is 11.9 Å². The molecular formula is C15H18FNO4. The number of halogens is 1. The Morgan fingerprint density at radius 1 is 1.43 bits per heavy atom. The van der Waals surface area contributed by atoms with Crippen LogP contribution in [0.15, 0.2) is 24.3 Å². The molecule has 0 aliphatic carbocycles. The average molecular weight is 295 g/mol. The fourth-order valence-corrected chi connectivity index (χ4v) is 2.22. The van der Waals surface area contributed by atoms with E-state index in [1.807, 2.05) is 0 Å². The van der Waals surface area contributed by atoms with Crippen LogP contribution in [0.25, 0.3) is 0 Å². The van der Waals surface area contributed by atoms with Gasteiger partial charge in [0, 0.05) is 13.0 Å². The van der Waals surface area contributed by atoms with Gasteiger partial charge in [0.2, 0.25) is 5.91 Å². The summed E-state index contributed by atoms with van der Waals surface area (Å²) in [5.74, 6) is -1.32. The molecule has 1 aliphatic rings. The van der Waals surface area contributed by atoms with Crippen LogP contribution in [-0.4, -0.2) is 38.2 Å². The van der Waals surface area contributed by atoms with Crippen LogP contribution in [0.5, 0.6) is 0 Å². The van der Waals surface area contributed by atoms with Gasteiger partial charge < -0.3 is 14.8 Å². The molecule has 21 heavy (non-hydrogen) atoms. The number of carbonyl (C=O) groups is 2. The molecule has 114 valence electrons. The average Bonchev–Trinajstić information content (AvgIpc) is 3.02. The molecule has 1 aromatic carbocycles. The highest BCUT2D eigenvalue weighted by Gasteiger charge is 2.28. The second kappa shape index (κ2) is 7.17. The van der Waals surface area contributed by atoms with E-state index in [0.29, 0.717) is 19.6 Å². The number of amides is 1. The van der Waals surface area contributed by atoms with Crippen LogP contribution in [0.4, 0.5) is 4.39 Å². The standard InChI is InChI=1S/C15H18FNO4/c1-20-15(19)13(8-10-2-4-12(16)5-3-10)17-14(18)11-6-7-21-9-11/h2-5,11,13H,6-9H2,1H3,(H,17,18)/t11-,13+/m1/s1. The number of methoxy groups -OCH3 is 1. The highest BCUT2D eigenvalue weighted by molar-refractivity contribution is 5.86. The van der Waals surface area contributed by atoms with E-state index in [-0.39, 0.29) is 24.1 Å². The lowest BCUT2D eigenvalue weighted by Gasteiger charge is -2.18. The van der Waals surface area contributed by atoms with E-state index >= 15 is 0 Å². The second-order valence-corrected chi connectivity index (χ2v) is 4.98. The summed E-state index contributed by atoms with van der Waals surface area (Å²) in [7, 11) is 1.27. The van der Waals surface area contributed by atoms with Gasteiger partial charge in [-0.2, -0.15) is 0 Å². The first-order valence-electron chi connectivity index (χ1n) is 6.80. The quantitative estimate of drug-likeness (QED) is 0.825. The number of ether oxygens (including phenoxy) is 2. The van der Waals surface area contributed by atoms with E-state index in [1.54, 1.807) is 12.1 Å². The number of carbonyl (C=O) groups excluding carboxylic acids is 2. The van der Waals surface area contributed by atoms with Gasteiger partial charge in [0.15, 0.2) is 0 Å². The summed E-state index contributed by atoms with van der Waals surface area (Å²) >= 11 is 0. The number of rotatable bonds is 5. The topological polar surface area (TPSA) is 64.6 Å². The van der Waals surface area contributed by atoms with Crippen LogP contribution in [0.1, 0.15) is 12.0 Å². The lowest BCUT2D eigenvalue weighted by atomic mass is 10.0. The van der Waals surface area contributed by atoms with E-state index in [1.165, 1.54) is 19.2 Å². The minimum absolute atomic E-state index is 0.218. The van der Waals surface area contributed by atoms with Crippen LogP contribution < -0.4 is 5.32 Å². The van der Waals surface area contributed by atoms with Crippen LogP contribution in [0, 0.1) is 11.7 Å².